The van der Waals surface area contributed by atoms with Gasteiger partial charge in [0.15, 0.2) is 0 Å². The van der Waals surface area contributed by atoms with Gasteiger partial charge in [-0.3, -0.25) is 9.69 Å². The average Bonchev–Trinajstić information content (AvgIpc) is 2.75. The fourth-order valence-electron chi connectivity index (χ4n) is 3.49. The van der Waals surface area contributed by atoms with Gasteiger partial charge < -0.3 is 20.2 Å². The molecule has 0 radical (unpaired) electrons. The van der Waals surface area contributed by atoms with Crippen LogP contribution in [0.4, 0.5) is 10.5 Å². The van der Waals surface area contributed by atoms with Crippen molar-refractivity contribution in [3.8, 4) is 0 Å². The number of urea groups is 1. The summed E-state index contributed by atoms with van der Waals surface area (Å²) in [5, 5.41) is 13.4. The summed E-state index contributed by atoms with van der Waals surface area (Å²) in [7, 11) is 1.75. The van der Waals surface area contributed by atoms with Crippen LogP contribution in [0.15, 0.2) is 54.6 Å². The molecule has 1 aliphatic rings. The van der Waals surface area contributed by atoms with E-state index in [1.54, 1.807) is 16.8 Å². The van der Waals surface area contributed by atoms with Crippen molar-refractivity contribution in [1.82, 2.24) is 14.7 Å². The van der Waals surface area contributed by atoms with E-state index < -0.39 is 6.10 Å². The topological polar surface area (TPSA) is 76.1 Å². The first-order valence-corrected chi connectivity index (χ1v) is 10.2. The lowest BCUT2D eigenvalue weighted by Gasteiger charge is -2.35. The van der Waals surface area contributed by atoms with Crippen molar-refractivity contribution in [1.29, 1.82) is 0 Å². The van der Waals surface area contributed by atoms with Crippen LogP contribution in [0.1, 0.15) is 24.2 Å². The number of carbonyl (C=O) groups excluding carboxylic acids is 2. The molecule has 0 saturated carbocycles. The smallest absolute Gasteiger partial charge is 0.321 e. The molecule has 7 heteroatoms. The third kappa shape index (κ3) is 6.05. The molecule has 1 heterocycles. The van der Waals surface area contributed by atoms with Crippen LogP contribution >= 0.6 is 0 Å². The van der Waals surface area contributed by atoms with Crippen molar-refractivity contribution in [2.75, 3.05) is 45.1 Å². The van der Waals surface area contributed by atoms with E-state index in [0.29, 0.717) is 26.2 Å². The average molecular weight is 411 g/mol. The highest BCUT2D eigenvalue weighted by Crippen LogP contribution is 2.16. The quantitative estimate of drug-likeness (QED) is 0.767. The van der Waals surface area contributed by atoms with Crippen LogP contribution in [0.2, 0.25) is 0 Å². The lowest BCUT2D eigenvalue weighted by molar-refractivity contribution is -0.128. The van der Waals surface area contributed by atoms with Gasteiger partial charge in [0, 0.05) is 58.9 Å². The molecule has 2 aromatic rings. The number of piperazine rings is 1. The highest BCUT2D eigenvalue weighted by Gasteiger charge is 2.23. The summed E-state index contributed by atoms with van der Waals surface area (Å²) in [5.74, 6) is -0.000285. The van der Waals surface area contributed by atoms with E-state index in [1.807, 2.05) is 54.6 Å². The summed E-state index contributed by atoms with van der Waals surface area (Å²) in [6.45, 7) is 5.26. The minimum absolute atomic E-state index is 0.000285. The number of carbonyl (C=O) groups is 2. The molecule has 7 nitrogen and oxygen atoms in total. The van der Waals surface area contributed by atoms with Crippen LogP contribution in [-0.2, 0) is 11.3 Å². The zero-order valence-corrected chi connectivity index (χ0v) is 17.6. The van der Waals surface area contributed by atoms with Gasteiger partial charge >= 0.3 is 6.03 Å². The van der Waals surface area contributed by atoms with E-state index in [2.05, 4.69) is 10.2 Å². The Balaban J connectivity index is 1.48. The van der Waals surface area contributed by atoms with Crippen LogP contribution in [0.5, 0.6) is 0 Å². The van der Waals surface area contributed by atoms with Crippen molar-refractivity contribution >= 4 is 17.6 Å². The predicted molar refractivity (Wildman–Crippen MR) is 117 cm³/mol. The number of aliphatic hydroxyl groups excluding tert-OH is 1. The summed E-state index contributed by atoms with van der Waals surface area (Å²) in [6, 6.07) is 17.1. The Labute approximate surface area is 177 Å². The molecular weight excluding hydrogens is 380 g/mol. The zero-order chi connectivity index (χ0) is 21.5. The fourth-order valence-corrected chi connectivity index (χ4v) is 3.49. The minimum atomic E-state index is -0.526. The van der Waals surface area contributed by atoms with E-state index >= 15 is 0 Å². The molecule has 160 valence electrons. The van der Waals surface area contributed by atoms with Gasteiger partial charge in [-0.25, -0.2) is 4.79 Å². The molecule has 0 spiro atoms. The minimum Gasteiger partial charge on any atom is -0.387 e. The van der Waals surface area contributed by atoms with Crippen LogP contribution in [0.25, 0.3) is 0 Å². The van der Waals surface area contributed by atoms with Crippen molar-refractivity contribution in [2.24, 2.45) is 0 Å². The second-order valence-electron chi connectivity index (χ2n) is 7.72. The second-order valence-corrected chi connectivity index (χ2v) is 7.72. The molecule has 1 fully saturated rings. The van der Waals surface area contributed by atoms with Crippen LogP contribution in [0.3, 0.4) is 0 Å². The largest absolute Gasteiger partial charge is 0.387 e. The van der Waals surface area contributed by atoms with Gasteiger partial charge in [0.25, 0.3) is 0 Å². The first-order chi connectivity index (χ1) is 14.4. The van der Waals surface area contributed by atoms with E-state index in [-0.39, 0.29) is 11.9 Å². The predicted octanol–water partition coefficient (Wildman–Crippen LogP) is 2.55. The Bertz CT molecular complexity index is 851. The Kier molecular flexibility index (Phi) is 7.43. The van der Waals surface area contributed by atoms with Crippen LogP contribution in [-0.4, -0.2) is 71.5 Å². The summed E-state index contributed by atoms with van der Waals surface area (Å²) < 4.78 is 0. The Morgan fingerprint density at radius 3 is 2.43 bits per heavy atom. The molecule has 1 atom stereocenters. The Morgan fingerprint density at radius 2 is 1.77 bits per heavy atom. The maximum atomic E-state index is 12.6. The molecule has 1 saturated heterocycles. The molecule has 1 unspecified atom stereocenters. The zero-order valence-electron chi connectivity index (χ0n) is 17.6. The van der Waals surface area contributed by atoms with Crippen molar-refractivity contribution in [2.45, 2.75) is 19.6 Å². The summed E-state index contributed by atoms with van der Waals surface area (Å²) >= 11 is 0. The standard InChI is InChI=1S/C23H30N4O3/c1-18(28)25(2)16-19-7-6-10-21(15-19)24-23(30)27-13-11-26(12-14-27)17-22(29)20-8-4-3-5-9-20/h3-10,15,22,29H,11-14,16-17H2,1-2H3,(H,24,30). The van der Waals surface area contributed by atoms with Gasteiger partial charge in [-0.15, -0.1) is 0 Å². The number of amides is 3. The Hall–Kier alpha value is -2.90. The number of hydrogen-bond donors (Lipinski definition) is 2. The van der Waals surface area contributed by atoms with Gasteiger partial charge in [0.2, 0.25) is 5.91 Å². The molecule has 3 rings (SSSR count). The van der Waals surface area contributed by atoms with Crippen molar-refractivity contribution < 1.29 is 14.7 Å². The van der Waals surface area contributed by atoms with Crippen molar-refractivity contribution in [3.05, 3.63) is 65.7 Å². The lowest BCUT2D eigenvalue weighted by Crippen LogP contribution is -2.50. The number of nitrogens with zero attached hydrogens (tertiary/aromatic N) is 3. The van der Waals surface area contributed by atoms with Crippen molar-refractivity contribution in [3.63, 3.8) is 0 Å². The molecular formula is C23H30N4O3. The molecule has 2 N–H and O–H groups in total. The third-order valence-electron chi connectivity index (χ3n) is 5.41. The molecule has 2 aromatic carbocycles. The Morgan fingerprint density at radius 1 is 1.07 bits per heavy atom. The molecule has 0 bridgehead atoms. The number of aliphatic hydroxyl groups is 1. The summed E-state index contributed by atoms with van der Waals surface area (Å²) in [4.78, 5) is 29.7. The number of nitrogens with one attached hydrogen (secondary N) is 1. The molecule has 1 aliphatic heterocycles. The van der Waals surface area contributed by atoms with Gasteiger partial charge in [-0.2, -0.15) is 0 Å². The number of anilines is 1. The maximum absolute atomic E-state index is 12.6. The SMILES string of the molecule is CC(=O)N(C)Cc1cccc(NC(=O)N2CCN(CC(O)c3ccccc3)CC2)c1. The second kappa shape index (κ2) is 10.2. The van der Waals surface area contributed by atoms with E-state index in [9.17, 15) is 14.7 Å². The maximum Gasteiger partial charge on any atom is 0.321 e. The summed E-state index contributed by atoms with van der Waals surface area (Å²) in [6.07, 6.45) is -0.526. The first kappa shape index (κ1) is 21.8. The number of β-amino-alcohol motifs (C(OH)–C–C–N with tert-alkyl or cyclic N) is 1. The fraction of sp³-hybridized carbons (Fsp3) is 0.391. The third-order valence-corrected chi connectivity index (χ3v) is 5.41. The first-order valence-electron chi connectivity index (χ1n) is 10.2. The van der Waals surface area contributed by atoms with Gasteiger partial charge in [0.1, 0.15) is 0 Å². The number of rotatable bonds is 6. The monoisotopic (exact) mass is 410 g/mol. The van der Waals surface area contributed by atoms with E-state index in [1.165, 1.54) is 6.92 Å². The molecule has 0 aromatic heterocycles. The van der Waals surface area contributed by atoms with Crippen LogP contribution < -0.4 is 5.32 Å². The van der Waals surface area contributed by atoms with E-state index in [0.717, 1.165) is 29.9 Å². The highest BCUT2D eigenvalue weighted by atomic mass is 16.3. The summed E-state index contributed by atoms with van der Waals surface area (Å²) in [5.41, 5.74) is 2.59. The van der Waals surface area contributed by atoms with Gasteiger partial charge in [0.05, 0.1) is 6.10 Å². The van der Waals surface area contributed by atoms with Gasteiger partial charge in [-0.05, 0) is 23.3 Å². The normalized spacial score (nSPS) is 15.5. The number of benzene rings is 2. The lowest BCUT2D eigenvalue weighted by atomic mass is 10.1. The molecule has 0 aliphatic carbocycles. The number of hydrogen-bond acceptors (Lipinski definition) is 4. The molecule has 30 heavy (non-hydrogen) atoms. The van der Waals surface area contributed by atoms with E-state index in [4.69, 9.17) is 0 Å². The highest BCUT2D eigenvalue weighted by molar-refractivity contribution is 5.89. The van der Waals surface area contributed by atoms with Crippen LogP contribution in [0, 0.1) is 0 Å². The van der Waals surface area contributed by atoms with Gasteiger partial charge in [-0.1, -0.05) is 42.5 Å². The molecule has 3 amide bonds.